The third kappa shape index (κ3) is 3.28. The van der Waals surface area contributed by atoms with Gasteiger partial charge in [-0.25, -0.2) is 19.9 Å². The van der Waals surface area contributed by atoms with Crippen molar-refractivity contribution in [1.29, 1.82) is 0 Å². The van der Waals surface area contributed by atoms with Crippen LogP contribution >= 0.6 is 0 Å². The van der Waals surface area contributed by atoms with Crippen LogP contribution in [0.15, 0.2) is 18.5 Å². The van der Waals surface area contributed by atoms with E-state index in [9.17, 15) is 13.2 Å². The highest BCUT2D eigenvalue weighted by Gasteiger charge is 2.34. The average Bonchev–Trinajstić information content (AvgIpc) is 2.37. The van der Waals surface area contributed by atoms with Crippen LogP contribution in [0.25, 0.3) is 11.4 Å². The minimum absolute atomic E-state index is 0.349. The molecule has 0 amide bonds. The molecule has 0 atom stereocenters. The van der Waals surface area contributed by atoms with Crippen LogP contribution < -0.4 is 0 Å². The van der Waals surface area contributed by atoms with Gasteiger partial charge < -0.3 is 0 Å². The van der Waals surface area contributed by atoms with Crippen molar-refractivity contribution < 1.29 is 13.2 Å². The van der Waals surface area contributed by atoms with Gasteiger partial charge in [0.2, 0.25) is 5.82 Å². The van der Waals surface area contributed by atoms with E-state index >= 15 is 0 Å². The Morgan fingerprint density at radius 2 is 1.75 bits per heavy atom. The molecule has 0 fully saturated rings. The molecule has 7 heteroatoms. The lowest BCUT2D eigenvalue weighted by atomic mass is 10.2. The van der Waals surface area contributed by atoms with Gasteiger partial charge in [-0.3, -0.25) is 0 Å². The SMILES string of the molecule is CCCc1cc(C)nc(-c2cnc(C(F)(F)F)nc2)n1. The molecule has 2 aromatic rings. The number of aryl methyl sites for hydroxylation is 2. The van der Waals surface area contributed by atoms with E-state index in [4.69, 9.17) is 0 Å². The van der Waals surface area contributed by atoms with E-state index in [2.05, 4.69) is 19.9 Å². The highest BCUT2D eigenvalue weighted by molar-refractivity contribution is 5.52. The van der Waals surface area contributed by atoms with Gasteiger partial charge in [0.05, 0.1) is 5.56 Å². The molecule has 0 radical (unpaired) electrons. The Kier molecular flexibility index (Phi) is 3.96. The van der Waals surface area contributed by atoms with Crippen molar-refractivity contribution >= 4 is 0 Å². The standard InChI is InChI=1S/C13H13F3N4/c1-3-4-10-5-8(2)19-11(20-10)9-6-17-12(18-7-9)13(14,15)16/h5-7H,3-4H2,1-2H3. The van der Waals surface area contributed by atoms with Gasteiger partial charge in [0, 0.05) is 23.8 Å². The second-order valence-corrected chi connectivity index (χ2v) is 4.37. The van der Waals surface area contributed by atoms with Crippen LogP contribution in [0.1, 0.15) is 30.6 Å². The molecule has 2 rings (SSSR count). The molecule has 0 saturated heterocycles. The highest BCUT2D eigenvalue weighted by Crippen LogP contribution is 2.26. The van der Waals surface area contributed by atoms with Gasteiger partial charge in [-0.05, 0) is 19.4 Å². The maximum Gasteiger partial charge on any atom is 0.451 e. The van der Waals surface area contributed by atoms with Gasteiger partial charge >= 0.3 is 6.18 Å². The van der Waals surface area contributed by atoms with Gasteiger partial charge in [-0.15, -0.1) is 0 Å². The average molecular weight is 282 g/mol. The predicted molar refractivity (Wildman–Crippen MR) is 66.8 cm³/mol. The first-order chi connectivity index (χ1) is 9.40. The minimum atomic E-state index is -4.54. The first kappa shape index (κ1) is 14.4. The van der Waals surface area contributed by atoms with Crippen LogP contribution in [0.2, 0.25) is 0 Å². The van der Waals surface area contributed by atoms with Gasteiger partial charge in [-0.1, -0.05) is 13.3 Å². The number of alkyl halides is 3. The Morgan fingerprint density at radius 3 is 2.30 bits per heavy atom. The van der Waals surface area contributed by atoms with Gasteiger partial charge in [0.25, 0.3) is 0 Å². The summed E-state index contributed by atoms with van der Waals surface area (Å²) in [7, 11) is 0. The molecule has 0 spiro atoms. The van der Waals surface area contributed by atoms with Gasteiger partial charge in [0.1, 0.15) is 0 Å². The third-order valence-corrected chi connectivity index (χ3v) is 2.58. The monoisotopic (exact) mass is 282 g/mol. The van der Waals surface area contributed by atoms with Crippen LogP contribution in [-0.4, -0.2) is 19.9 Å². The van der Waals surface area contributed by atoms with E-state index in [-0.39, 0.29) is 0 Å². The van der Waals surface area contributed by atoms with Crippen molar-refractivity contribution in [3.8, 4) is 11.4 Å². The number of halogens is 3. The fraction of sp³-hybridized carbons (Fsp3) is 0.385. The lowest BCUT2D eigenvalue weighted by molar-refractivity contribution is -0.144. The number of hydrogen-bond donors (Lipinski definition) is 0. The van der Waals surface area contributed by atoms with Crippen molar-refractivity contribution in [2.75, 3.05) is 0 Å². The smallest absolute Gasteiger partial charge is 0.233 e. The van der Waals surface area contributed by atoms with E-state index < -0.39 is 12.0 Å². The summed E-state index contributed by atoms with van der Waals surface area (Å²) in [6.07, 6.45) is -0.628. The Labute approximate surface area is 114 Å². The fourth-order valence-electron chi connectivity index (χ4n) is 1.74. The molecule has 0 N–H and O–H groups in total. The summed E-state index contributed by atoms with van der Waals surface area (Å²) in [6, 6.07) is 1.86. The number of hydrogen-bond acceptors (Lipinski definition) is 4. The van der Waals surface area contributed by atoms with Gasteiger partial charge in [-0.2, -0.15) is 13.2 Å². The lowest BCUT2D eigenvalue weighted by Crippen LogP contribution is -2.10. The Bertz CT molecular complexity index is 594. The molecule has 0 aromatic carbocycles. The summed E-state index contributed by atoms with van der Waals surface area (Å²) >= 11 is 0. The number of aromatic nitrogens is 4. The molecule has 0 bridgehead atoms. The van der Waals surface area contributed by atoms with Crippen molar-refractivity contribution in [2.24, 2.45) is 0 Å². The molecule has 0 aliphatic carbocycles. The molecule has 106 valence electrons. The van der Waals surface area contributed by atoms with E-state index in [1.54, 1.807) is 0 Å². The molecule has 4 nitrogen and oxygen atoms in total. The summed E-state index contributed by atoms with van der Waals surface area (Å²) in [5.74, 6) is -0.815. The minimum Gasteiger partial charge on any atom is -0.233 e. The van der Waals surface area contributed by atoms with Crippen molar-refractivity contribution in [2.45, 2.75) is 32.9 Å². The maximum atomic E-state index is 12.4. The van der Waals surface area contributed by atoms with E-state index in [1.807, 2.05) is 19.9 Å². The molecule has 0 aliphatic heterocycles. The second-order valence-electron chi connectivity index (χ2n) is 4.37. The van der Waals surface area contributed by atoms with Crippen LogP contribution in [0.4, 0.5) is 13.2 Å². The summed E-state index contributed by atoms with van der Waals surface area (Å²) < 4.78 is 37.2. The van der Waals surface area contributed by atoms with Gasteiger partial charge in [0.15, 0.2) is 5.82 Å². The molecular formula is C13H13F3N4. The zero-order valence-corrected chi connectivity index (χ0v) is 11.1. The molecule has 2 heterocycles. The first-order valence-electron chi connectivity index (χ1n) is 6.14. The molecule has 20 heavy (non-hydrogen) atoms. The van der Waals surface area contributed by atoms with Crippen molar-refractivity contribution in [3.63, 3.8) is 0 Å². The topological polar surface area (TPSA) is 51.6 Å². The maximum absolute atomic E-state index is 12.4. The molecule has 2 aromatic heterocycles. The van der Waals surface area contributed by atoms with E-state index in [0.717, 1.165) is 36.6 Å². The summed E-state index contributed by atoms with van der Waals surface area (Å²) in [6.45, 7) is 3.84. The van der Waals surface area contributed by atoms with Crippen molar-refractivity contribution in [1.82, 2.24) is 19.9 Å². The third-order valence-electron chi connectivity index (χ3n) is 2.58. The van der Waals surface area contributed by atoms with Crippen LogP contribution in [-0.2, 0) is 12.6 Å². The summed E-state index contributed by atoms with van der Waals surface area (Å²) in [5, 5.41) is 0. The number of rotatable bonds is 3. The number of nitrogens with zero attached hydrogens (tertiary/aromatic N) is 4. The lowest BCUT2D eigenvalue weighted by Gasteiger charge is -2.07. The molecule has 0 unspecified atom stereocenters. The Balaban J connectivity index is 2.36. The normalized spacial score (nSPS) is 11.7. The van der Waals surface area contributed by atoms with Crippen LogP contribution in [0, 0.1) is 6.92 Å². The zero-order valence-electron chi connectivity index (χ0n) is 11.1. The Hall–Kier alpha value is -2.05. The summed E-state index contributed by atoms with van der Waals surface area (Å²) in [5.41, 5.74) is 1.99. The second kappa shape index (κ2) is 5.52. The molecule has 0 aliphatic rings. The van der Waals surface area contributed by atoms with Crippen LogP contribution in [0.3, 0.4) is 0 Å². The van der Waals surface area contributed by atoms with E-state index in [1.165, 1.54) is 0 Å². The highest BCUT2D eigenvalue weighted by atomic mass is 19.4. The largest absolute Gasteiger partial charge is 0.451 e. The quantitative estimate of drug-likeness (QED) is 0.867. The zero-order chi connectivity index (χ0) is 14.8. The molecule has 0 saturated carbocycles. The predicted octanol–water partition coefficient (Wildman–Crippen LogP) is 3.21. The van der Waals surface area contributed by atoms with E-state index in [0.29, 0.717) is 11.4 Å². The van der Waals surface area contributed by atoms with Crippen molar-refractivity contribution in [3.05, 3.63) is 35.7 Å². The summed E-state index contributed by atoms with van der Waals surface area (Å²) in [4.78, 5) is 15.1. The molecular weight excluding hydrogens is 269 g/mol. The van der Waals surface area contributed by atoms with Crippen LogP contribution in [0.5, 0.6) is 0 Å². The first-order valence-corrected chi connectivity index (χ1v) is 6.14. The fourth-order valence-corrected chi connectivity index (χ4v) is 1.74. The Morgan fingerprint density at radius 1 is 1.10 bits per heavy atom.